The molecule has 17 heavy (non-hydrogen) atoms. The Hall–Kier alpha value is -0.710. The molecular weight excluding hydrogens is 250 g/mol. The maximum atomic E-state index is 13.5. The molecule has 5 heteroatoms. The molecule has 1 rings (SSSR count). The molecule has 0 bridgehead atoms. The zero-order valence-electron chi connectivity index (χ0n) is 9.84. The summed E-state index contributed by atoms with van der Waals surface area (Å²) in [4.78, 5) is 0. The lowest BCUT2D eigenvalue weighted by Gasteiger charge is -2.30. The maximum absolute atomic E-state index is 13.5. The van der Waals surface area contributed by atoms with Gasteiger partial charge in [0.05, 0.1) is 6.10 Å². The summed E-state index contributed by atoms with van der Waals surface area (Å²) in [7, 11) is 0. The van der Waals surface area contributed by atoms with E-state index in [1.807, 2.05) is 0 Å². The van der Waals surface area contributed by atoms with Crippen molar-refractivity contribution in [3.8, 4) is 0 Å². The van der Waals surface area contributed by atoms with Crippen LogP contribution < -0.4 is 0 Å². The highest BCUT2D eigenvalue weighted by atomic mass is 35.5. The van der Waals surface area contributed by atoms with Gasteiger partial charge in [0.15, 0.2) is 11.6 Å². The van der Waals surface area contributed by atoms with Crippen LogP contribution in [0.2, 0.25) is 5.02 Å². The van der Waals surface area contributed by atoms with E-state index in [0.717, 1.165) is 12.1 Å². The number of aliphatic hydroxyl groups excluding tert-OH is 2. The average molecular weight is 265 g/mol. The minimum absolute atomic E-state index is 0.111. The first-order valence-electron chi connectivity index (χ1n) is 5.15. The standard InChI is InChI=1S/C12H15ClF2O2/c1-12(2,3)11(17)10(16)8-6(13)4-5-7(14)9(8)15/h4-5,10-11,16-17H,1-3H3. The summed E-state index contributed by atoms with van der Waals surface area (Å²) in [6.45, 7) is 5.02. The molecule has 0 saturated carbocycles. The van der Waals surface area contributed by atoms with Gasteiger partial charge in [-0.15, -0.1) is 0 Å². The van der Waals surface area contributed by atoms with Gasteiger partial charge in [0.25, 0.3) is 0 Å². The van der Waals surface area contributed by atoms with E-state index in [0.29, 0.717) is 0 Å². The molecule has 0 spiro atoms. The van der Waals surface area contributed by atoms with Crippen LogP contribution in [0.25, 0.3) is 0 Å². The highest BCUT2D eigenvalue weighted by molar-refractivity contribution is 6.31. The molecule has 0 aliphatic carbocycles. The second-order valence-electron chi connectivity index (χ2n) is 5.01. The van der Waals surface area contributed by atoms with E-state index in [-0.39, 0.29) is 5.02 Å². The van der Waals surface area contributed by atoms with Crippen molar-refractivity contribution in [2.45, 2.75) is 33.0 Å². The van der Waals surface area contributed by atoms with Crippen LogP contribution in [0.3, 0.4) is 0 Å². The van der Waals surface area contributed by atoms with Crippen LogP contribution in [-0.4, -0.2) is 16.3 Å². The zero-order valence-corrected chi connectivity index (χ0v) is 10.6. The Kier molecular flexibility index (Phi) is 4.12. The first kappa shape index (κ1) is 14.4. The SMILES string of the molecule is CC(C)(C)C(O)C(O)c1c(Cl)ccc(F)c1F. The number of hydrogen-bond donors (Lipinski definition) is 2. The van der Waals surface area contributed by atoms with Gasteiger partial charge in [0, 0.05) is 10.6 Å². The van der Waals surface area contributed by atoms with Gasteiger partial charge in [0.2, 0.25) is 0 Å². The largest absolute Gasteiger partial charge is 0.390 e. The van der Waals surface area contributed by atoms with Gasteiger partial charge in [-0.1, -0.05) is 32.4 Å². The molecule has 0 aromatic heterocycles. The lowest BCUT2D eigenvalue weighted by Crippen LogP contribution is -2.33. The van der Waals surface area contributed by atoms with Gasteiger partial charge in [-0.2, -0.15) is 0 Å². The second kappa shape index (κ2) is 4.88. The molecule has 0 aliphatic rings. The predicted molar refractivity (Wildman–Crippen MR) is 61.8 cm³/mol. The fraction of sp³-hybridized carbons (Fsp3) is 0.500. The van der Waals surface area contributed by atoms with E-state index in [1.54, 1.807) is 20.8 Å². The Bertz CT molecular complexity index is 416. The van der Waals surface area contributed by atoms with Crippen molar-refractivity contribution in [2.24, 2.45) is 5.41 Å². The van der Waals surface area contributed by atoms with Crippen LogP contribution in [0.1, 0.15) is 32.4 Å². The smallest absolute Gasteiger partial charge is 0.166 e. The summed E-state index contributed by atoms with van der Waals surface area (Å²) in [6.07, 6.45) is -2.82. The molecule has 2 unspecified atom stereocenters. The minimum atomic E-state index is -1.57. The average Bonchev–Trinajstić information content (AvgIpc) is 2.21. The number of benzene rings is 1. The summed E-state index contributed by atoms with van der Waals surface area (Å²) in [5, 5.41) is 19.6. The van der Waals surface area contributed by atoms with Crippen molar-refractivity contribution in [2.75, 3.05) is 0 Å². The zero-order chi connectivity index (χ0) is 13.4. The van der Waals surface area contributed by atoms with Crippen LogP contribution in [0.4, 0.5) is 8.78 Å². The predicted octanol–water partition coefficient (Wildman–Crippen LogP) is 3.06. The second-order valence-corrected chi connectivity index (χ2v) is 5.42. The van der Waals surface area contributed by atoms with Gasteiger partial charge in [-0.05, 0) is 17.5 Å². The van der Waals surface area contributed by atoms with Crippen LogP contribution in [0.15, 0.2) is 12.1 Å². The number of rotatable bonds is 2. The molecule has 0 heterocycles. The number of aliphatic hydroxyl groups is 2. The normalized spacial score (nSPS) is 15.8. The number of halogens is 3. The van der Waals surface area contributed by atoms with Crippen molar-refractivity contribution in [3.63, 3.8) is 0 Å². The first-order valence-corrected chi connectivity index (χ1v) is 5.53. The highest BCUT2D eigenvalue weighted by Crippen LogP contribution is 2.35. The Morgan fingerprint density at radius 3 is 2.18 bits per heavy atom. The van der Waals surface area contributed by atoms with Crippen LogP contribution in [0, 0.1) is 17.0 Å². The third-order valence-electron chi connectivity index (χ3n) is 2.56. The van der Waals surface area contributed by atoms with Crippen molar-refractivity contribution >= 4 is 11.6 Å². The Morgan fingerprint density at radius 1 is 1.18 bits per heavy atom. The van der Waals surface area contributed by atoms with Crippen molar-refractivity contribution in [1.82, 2.24) is 0 Å². The Labute approximate surface area is 104 Å². The van der Waals surface area contributed by atoms with E-state index in [4.69, 9.17) is 11.6 Å². The van der Waals surface area contributed by atoms with E-state index < -0.39 is 34.8 Å². The molecule has 0 saturated heterocycles. The molecule has 2 N–H and O–H groups in total. The summed E-state index contributed by atoms with van der Waals surface area (Å²) in [5.41, 5.74) is -1.09. The van der Waals surface area contributed by atoms with E-state index in [9.17, 15) is 19.0 Å². The molecule has 0 aliphatic heterocycles. The summed E-state index contributed by atoms with van der Waals surface area (Å²) in [6, 6.07) is 2.02. The summed E-state index contributed by atoms with van der Waals surface area (Å²) >= 11 is 5.71. The minimum Gasteiger partial charge on any atom is -0.390 e. The van der Waals surface area contributed by atoms with Crippen molar-refractivity contribution in [3.05, 3.63) is 34.4 Å². The topological polar surface area (TPSA) is 40.5 Å². The molecule has 2 nitrogen and oxygen atoms in total. The molecule has 96 valence electrons. The third-order valence-corrected chi connectivity index (χ3v) is 2.89. The van der Waals surface area contributed by atoms with E-state index in [2.05, 4.69) is 0 Å². The third kappa shape index (κ3) is 2.94. The first-order chi connectivity index (χ1) is 7.66. The van der Waals surface area contributed by atoms with E-state index in [1.165, 1.54) is 0 Å². The summed E-state index contributed by atoms with van der Waals surface area (Å²) in [5.74, 6) is -2.34. The van der Waals surface area contributed by atoms with Crippen molar-refractivity contribution < 1.29 is 19.0 Å². The van der Waals surface area contributed by atoms with Crippen molar-refractivity contribution in [1.29, 1.82) is 0 Å². The van der Waals surface area contributed by atoms with E-state index >= 15 is 0 Å². The monoisotopic (exact) mass is 264 g/mol. The summed E-state index contributed by atoms with van der Waals surface area (Å²) < 4.78 is 26.6. The molecule has 2 atom stereocenters. The highest BCUT2D eigenvalue weighted by Gasteiger charge is 2.33. The Morgan fingerprint density at radius 2 is 1.71 bits per heavy atom. The Balaban J connectivity index is 3.21. The molecular formula is C12H15ClF2O2. The molecule has 1 aromatic carbocycles. The van der Waals surface area contributed by atoms with Gasteiger partial charge < -0.3 is 10.2 Å². The van der Waals surface area contributed by atoms with Gasteiger partial charge >= 0.3 is 0 Å². The van der Waals surface area contributed by atoms with Gasteiger partial charge in [-0.25, -0.2) is 8.78 Å². The maximum Gasteiger partial charge on any atom is 0.166 e. The van der Waals surface area contributed by atoms with Crippen LogP contribution >= 0.6 is 11.6 Å². The quantitative estimate of drug-likeness (QED) is 0.806. The fourth-order valence-electron chi connectivity index (χ4n) is 1.45. The lowest BCUT2D eigenvalue weighted by atomic mass is 9.83. The lowest BCUT2D eigenvalue weighted by molar-refractivity contribution is -0.0474. The molecule has 0 radical (unpaired) electrons. The van der Waals surface area contributed by atoms with Crippen LogP contribution in [-0.2, 0) is 0 Å². The molecule has 1 aromatic rings. The number of hydrogen-bond acceptors (Lipinski definition) is 2. The van der Waals surface area contributed by atoms with Gasteiger partial charge in [0.1, 0.15) is 6.10 Å². The molecule has 0 amide bonds. The van der Waals surface area contributed by atoms with Gasteiger partial charge in [-0.3, -0.25) is 0 Å². The molecule has 0 fully saturated rings. The fourth-order valence-corrected chi connectivity index (χ4v) is 1.70. The van der Waals surface area contributed by atoms with Crippen LogP contribution in [0.5, 0.6) is 0 Å².